The number of piperazine rings is 1. The fraction of sp³-hybridized carbons (Fsp3) is 0.273. The molecule has 1 aliphatic rings. The van der Waals surface area contributed by atoms with Gasteiger partial charge in [-0.05, 0) is 29.8 Å². The van der Waals surface area contributed by atoms with Crippen LogP contribution >= 0.6 is 23.2 Å². The van der Waals surface area contributed by atoms with Crippen molar-refractivity contribution in [2.24, 2.45) is 0 Å². The lowest BCUT2D eigenvalue weighted by atomic mass is 10.2. The Kier molecular flexibility index (Phi) is 6.57. The van der Waals surface area contributed by atoms with Crippen molar-refractivity contribution in [3.63, 3.8) is 0 Å². The average molecular weight is 445 g/mol. The SMILES string of the molecule is O=C(c1ccnn1COc1ccccc1Cl)N1CCN(Cc2ccccc2Cl)CC1. The summed E-state index contributed by atoms with van der Waals surface area (Å²) in [7, 11) is 0. The first-order valence-electron chi connectivity index (χ1n) is 9.76. The predicted octanol–water partition coefficient (Wildman–Crippen LogP) is 4.18. The van der Waals surface area contributed by atoms with E-state index < -0.39 is 0 Å². The third kappa shape index (κ3) is 4.78. The molecule has 0 bridgehead atoms. The summed E-state index contributed by atoms with van der Waals surface area (Å²) in [6.45, 7) is 3.79. The first-order valence-corrected chi connectivity index (χ1v) is 10.5. The van der Waals surface area contributed by atoms with Gasteiger partial charge in [-0.25, -0.2) is 4.68 Å². The van der Waals surface area contributed by atoms with Crippen molar-refractivity contribution < 1.29 is 9.53 Å². The summed E-state index contributed by atoms with van der Waals surface area (Å²) < 4.78 is 7.29. The Morgan fingerprint density at radius 2 is 1.63 bits per heavy atom. The van der Waals surface area contributed by atoms with Gasteiger partial charge in [0, 0.05) is 43.9 Å². The third-order valence-corrected chi connectivity index (χ3v) is 5.81. The molecule has 0 spiro atoms. The summed E-state index contributed by atoms with van der Waals surface area (Å²) in [5, 5.41) is 5.53. The molecule has 4 rings (SSSR count). The maximum Gasteiger partial charge on any atom is 0.272 e. The third-order valence-electron chi connectivity index (χ3n) is 5.13. The van der Waals surface area contributed by atoms with Crippen LogP contribution in [0.4, 0.5) is 0 Å². The molecule has 0 aliphatic carbocycles. The zero-order chi connectivity index (χ0) is 20.9. The minimum absolute atomic E-state index is 0.0485. The Morgan fingerprint density at radius 1 is 0.933 bits per heavy atom. The molecule has 1 amide bonds. The molecule has 6 nitrogen and oxygen atoms in total. The van der Waals surface area contributed by atoms with E-state index in [1.807, 2.05) is 41.3 Å². The van der Waals surface area contributed by atoms with Crippen LogP contribution in [0.1, 0.15) is 16.1 Å². The molecule has 0 atom stereocenters. The van der Waals surface area contributed by atoms with Crippen molar-refractivity contribution >= 4 is 29.1 Å². The fourth-order valence-corrected chi connectivity index (χ4v) is 3.83. The molecule has 1 aromatic heterocycles. The van der Waals surface area contributed by atoms with Crippen LogP contribution in [0, 0.1) is 0 Å². The van der Waals surface area contributed by atoms with E-state index in [1.54, 1.807) is 29.1 Å². The van der Waals surface area contributed by atoms with Gasteiger partial charge in [-0.15, -0.1) is 0 Å². The van der Waals surface area contributed by atoms with Crippen molar-refractivity contribution in [3.8, 4) is 5.75 Å². The molecule has 1 saturated heterocycles. The summed E-state index contributed by atoms with van der Waals surface area (Å²) in [6, 6.07) is 16.8. The average Bonchev–Trinajstić information content (AvgIpc) is 3.23. The van der Waals surface area contributed by atoms with Gasteiger partial charge in [0.15, 0.2) is 6.73 Å². The second-order valence-electron chi connectivity index (χ2n) is 7.08. The number of ether oxygens (including phenoxy) is 1. The predicted molar refractivity (Wildman–Crippen MR) is 117 cm³/mol. The molecule has 1 fully saturated rings. The van der Waals surface area contributed by atoms with Gasteiger partial charge in [-0.1, -0.05) is 53.5 Å². The van der Waals surface area contributed by atoms with Crippen LogP contribution in [0.25, 0.3) is 0 Å². The highest BCUT2D eigenvalue weighted by Crippen LogP contribution is 2.23. The van der Waals surface area contributed by atoms with E-state index in [0.29, 0.717) is 29.6 Å². The number of benzene rings is 2. The zero-order valence-electron chi connectivity index (χ0n) is 16.4. The zero-order valence-corrected chi connectivity index (χ0v) is 17.9. The Morgan fingerprint density at radius 3 is 2.37 bits per heavy atom. The van der Waals surface area contributed by atoms with E-state index in [9.17, 15) is 4.79 Å². The van der Waals surface area contributed by atoms with Gasteiger partial charge in [0.1, 0.15) is 11.4 Å². The highest BCUT2D eigenvalue weighted by atomic mass is 35.5. The summed E-state index contributed by atoms with van der Waals surface area (Å²) >= 11 is 12.4. The van der Waals surface area contributed by atoms with E-state index >= 15 is 0 Å². The molecular formula is C22H22Cl2N4O2. The fourth-order valence-electron chi connectivity index (χ4n) is 3.45. The standard InChI is InChI=1S/C22H22Cl2N4O2/c23-18-6-2-1-5-17(18)15-26-11-13-27(14-12-26)22(29)20-9-10-25-28(20)16-30-21-8-4-3-7-19(21)24/h1-10H,11-16H2. The van der Waals surface area contributed by atoms with E-state index in [0.717, 1.165) is 30.2 Å². The van der Waals surface area contributed by atoms with Crippen LogP contribution in [0.3, 0.4) is 0 Å². The Labute approximate surface area is 185 Å². The molecule has 2 aromatic carbocycles. The number of carbonyl (C=O) groups is 1. The van der Waals surface area contributed by atoms with Gasteiger partial charge in [0.2, 0.25) is 0 Å². The van der Waals surface area contributed by atoms with Crippen LogP contribution in [-0.4, -0.2) is 51.7 Å². The molecule has 0 radical (unpaired) electrons. The number of rotatable bonds is 6. The number of hydrogen-bond donors (Lipinski definition) is 0. The lowest BCUT2D eigenvalue weighted by Crippen LogP contribution is -2.48. The molecule has 0 N–H and O–H groups in total. The molecule has 3 aromatic rings. The molecule has 30 heavy (non-hydrogen) atoms. The Hall–Kier alpha value is -2.54. The summed E-state index contributed by atoms with van der Waals surface area (Å²) in [4.78, 5) is 17.2. The van der Waals surface area contributed by atoms with Crippen molar-refractivity contribution in [3.05, 3.63) is 82.1 Å². The van der Waals surface area contributed by atoms with Crippen LogP contribution in [0.2, 0.25) is 10.0 Å². The Balaban J connectivity index is 1.34. The molecule has 0 unspecified atom stereocenters. The van der Waals surface area contributed by atoms with E-state index in [1.165, 1.54) is 0 Å². The van der Waals surface area contributed by atoms with Crippen molar-refractivity contribution in [2.75, 3.05) is 26.2 Å². The van der Waals surface area contributed by atoms with Crippen molar-refractivity contribution in [1.29, 1.82) is 0 Å². The summed E-state index contributed by atoms with van der Waals surface area (Å²) in [5.41, 5.74) is 1.61. The van der Waals surface area contributed by atoms with E-state index in [4.69, 9.17) is 27.9 Å². The van der Waals surface area contributed by atoms with Crippen LogP contribution in [-0.2, 0) is 13.3 Å². The number of aromatic nitrogens is 2. The molecule has 156 valence electrons. The van der Waals surface area contributed by atoms with Crippen molar-refractivity contribution in [1.82, 2.24) is 19.6 Å². The number of amides is 1. The quantitative estimate of drug-likeness (QED) is 0.571. The normalized spacial score (nSPS) is 14.7. The Bertz CT molecular complexity index is 1020. The first-order chi connectivity index (χ1) is 14.6. The first kappa shape index (κ1) is 20.7. The van der Waals surface area contributed by atoms with Gasteiger partial charge < -0.3 is 9.64 Å². The van der Waals surface area contributed by atoms with Gasteiger partial charge >= 0.3 is 0 Å². The minimum Gasteiger partial charge on any atom is -0.470 e. The van der Waals surface area contributed by atoms with Crippen molar-refractivity contribution in [2.45, 2.75) is 13.3 Å². The molecule has 1 aliphatic heterocycles. The lowest BCUT2D eigenvalue weighted by Gasteiger charge is -2.34. The largest absolute Gasteiger partial charge is 0.470 e. The van der Waals surface area contributed by atoms with E-state index in [2.05, 4.69) is 10.00 Å². The van der Waals surface area contributed by atoms with Gasteiger partial charge in [-0.2, -0.15) is 5.10 Å². The second-order valence-corrected chi connectivity index (χ2v) is 7.89. The monoisotopic (exact) mass is 444 g/mol. The maximum absolute atomic E-state index is 13.0. The highest BCUT2D eigenvalue weighted by Gasteiger charge is 2.25. The van der Waals surface area contributed by atoms with Crippen LogP contribution < -0.4 is 4.74 Å². The smallest absolute Gasteiger partial charge is 0.272 e. The summed E-state index contributed by atoms with van der Waals surface area (Å²) in [6.07, 6.45) is 1.61. The summed E-state index contributed by atoms with van der Waals surface area (Å²) in [5.74, 6) is 0.508. The highest BCUT2D eigenvalue weighted by molar-refractivity contribution is 6.32. The number of nitrogens with zero attached hydrogens (tertiary/aromatic N) is 4. The van der Waals surface area contributed by atoms with Gasteiger partial charge in [0.25, 0.3) is 5.91 Å². The molecule has 8 heteroatoms. The minimum atomic E-state index is -0.0485. The van der Waals surface area contributed by atoms with Gasteiger partial charge in [0.05, 0.1) is 5.02 Å². The second kappa shape index (κ2) is 9.51. The maximum atomic E-state index is 13.0. The topological polar surface area (TPSA) is 50.6 Å². The number of halogens is 2. The van der Waals surface area contributed by atoms with E-state index in [-0.39, 0.29) is 12.6 Å². The number of hydrogen-bond acceptors (Lipinski definition) is 4. The van der Waals surface area contributed by atoms with Crippen LogP contribution in [0.5, 0.6) is 5.75 Å². The number of para-hydroxylation sites is 1. The van der Waals surface area contributed by atoms with Gasteiger partial charge in [-0.3, -0.25) is 9.69 Å². The molecular weight excluding hydrogens is 423 g/mol. The lowest BCUT2D eigenvalue weighted by molar-refractivity contribution is 0.0607. The number of carbonyl (C=O) groups excluding carboxylic acids is 1. The van der Waals surface area contributed by atoms with Crippen LogP contribution in [0.15, 0.2) is 60.8 Å². The molecule has 0 saturated carbocycles. The molecule has 2 heterocycles.